The fraction of sp³-hybridized carbons (Fsp3) is 0.444. The van der Waals surface area contributed by atoms with Gasteiger partial charge in [-0.05, 0) is 37.3 Å². The maximum absolute atomic E-state index is 10.3. The third kappa shape index (κ3) is 4.96. The topological polar surface area (TPSA) is 147 Å². The SMILES string of the molecule is O=C(O)C=CC(=O)O.Oc1ccc2c(c1O)CC[C@@H](NC1CCC1)[C@@H]2O. The fourth-order valence-electron chi connectivity index (χ4n) is 3.05. The quantitative estimate of drug-likeness (QED) is 0.346. The van der Waals surface area contributed by atoms with Gasteiger partial charge in [-0.1, -0.05) is 12.5 Å². The van der Waals surface area contributed by atoms with Crippen LogP contribution in [-0.4, -0.2) is 49.6 Å². The van der Waals surface area contributed by atoms with Crippen molar-refractivity contribution in [1.29, 1.82) is 0 Å². The third-order valence-corrected chi connectivity index (χ3v) is 4.63. The summed E-state index contributed by atoms with van der Waals surface area (Å²) in [5, 5.41) is 48.7. The molecule has 6 N–H and O–H groups in total. The second kappa shape index (κ2) is 8.68. The van der Waals surface area contributed by atoms with E-state index < -0.39 is 18.0 Å². The van der Waals surface area contributed by atoms with Gasteiger partial charge in [-0.2, -0.15) is 0 Å². The molecule has 142 valence electrons. The lowest BCUT2D eigenvalue weighted by Crippen LogP contribution is -2.46. The van der Waals surface area contributed by atoms with Crippen molar-refractivity contribution in [3.05, 3.63) is 35.4 Å². The van der Waals surface area contributed by atoms with E-state index in [1.807, 2.05) is 0 Å². The van der Waals surface area contributed by atoms with Crippen molar-refractivity contribution >= 4 is 11.9 Å². The van der Waals surface area contributed by atoms with Crippen molar-refractivity contribution < 1.29 is 35.1 Å². The molecule has 1 aromatic rings. The van der Waals surface area contributed by atoms with E-state index in [1.165, 1.54) is 25.3 Å². The smallest absolute Gasteiger partial charge is 0.328 e. The number of carboxylic acids is 2. The van der Waals surface area contributed by atoms with Crippen LogP contribution < -0.4 is 5.32 Å². The number of phenolic OH excluding ortho intramolecular Hbond substituents is 2. The van der Waals surface area contributed by atoms with Crippen LogP contribution in [-0.2, 0) is 16.0 Å². The predicted octanol–water partition coefficient (Wildman–Crippen LogP) is 1.30. The molecule has 26 heavy (non-hydrogen) atoms. The Morgan fingerprint density at radius 3 is 2.15 bits per heavy atom. The normalized spacial score (nSPS) is 22.0. The van der Waals surface area contributed by atoms with Gasteiger partial charge < -0.3 is 30.8 Å². The number of fused-ring (bicyclic) bond motifs is 1. The summed E-state index contributed by atoms with van der Waals surface area (Å²) in [5.41, 5.74) is 1.43. The molecule has 0 unspecified atom stereocenters. The van der Waals surface area contributed by atoms with Crippen molar-refractivity contribution in [2.75, 3.05) is 0 Å². The first kappa shape index (κ1) is 19.7. The van der Waals surface area contributed by atoms with Crippen molar-refractivity contribution in [3.8, 4) is 11.5 Å². The van der Waals surface area contributed by atoms with Gasteiger partial charge in [0.25, 0.3) is 0 Å². The van der Waals surface area contributed by atoms with E-state index in [0.717, 1.165) is 12.0 Å². The fourth-order valence-corrected chi connectivity index (χ4v) is 3.05. The average molecular weight is 365 g/mol. The van der Waals surface area contributed by atoms with Gasteiger partial charge in [-0.3, -0.25) is 0 Å². The summed E-state index contributed by atoms with van der Waals surface area (Å²) in [6, 6.07) is 3.76. The molecule has 0 bridgehead atoms. The number of aromatic hydroxyl groups is 2. The molecule has 8 heteroatoms. The monoisotopic (exact) mass is 365 g/mol. The van der Waals surface area contributed by atoms with Crippen LogP contribution in [0.2, 0.25) is 0 Å². The van der Waals surface area contributed by atoms with Gasteiger partial charge in [0.2, 0.25) is 0 Å². The predicted molar refractivity (Wildman–Crippen MR) is 92.0 cm³/mol. The molecule has 0 amide bonds. The highest BCUT2D eigenvalue weighted by Gasteiger charge is 2.32. The Morgan fingerprint density at radius 1 is 1.04 bits per heavy atom. The number of aliphatic hydroxyl groups is 1. The zero-order valence-electron chi connectivity index (χ0n) is 14.1. The second-order valence-electron chi connectivity index (χ2n) is 6.40. The van der Waals surface area contributed by atoms with E-state index in [2.05, 4.69) is 5.32 Å². The Bertz CT molecular complexity index is 681. The maximum atomic E-state index is 10.3. The van der Waals surface area contributed by atoms with Crippen LogP contribution in [0.5, 0.6) is 11.5 Å². The molecule has 2 aliphatic rings. The van der Waals surface area contributed by atoms with Crippen LogP contribution in [0, 0.1) is 0 Å². The average Bonchev–Trinajstić information content (AvgIpc) is 2.55. The van der Waals surface area contributed by atoms with E-state index in [9.17, 15) is 24.9 Å². The molecule has 3 rings (SSSR count). The third-order valence-electron chi connectivity index (χ3n) is 4.63. The molecule has 1 aromatic carbocycles. The van der Waals surface area contributed by atoms with Crippen molar-refractivity contribution in [3.63, 3.8) is 0 Å². The zero-order chi connectivity index (χ0) is 19.3. The summed E-state index contributed by atoms with van der Waals surface area (Å²) in [7, 11) is 0. The number of benzene rings is 1. The number of carboxylic acid groups (broad SMARTS) is 2. The van der Waals surface area contributed by atoms with Crippen LogP contribution in [0.15, 0.2) is 24.3 Å². The lowest BCUT2D eigenvalue weighted by atomic mass is 9.83. The number of carbonyl (C=O) groups is 2. The summed E-state index contributed by atoms with van der Waals surface area (Å²) in [5.74, 6) is -2.69. The van der Waals surface area contributed by atoms with Crippen LogP contribution >= 0.6 is 0 Å². The van der Waals surface area contributed by atoms with Gasteiger partial charge in [0.15, 0.2) is 11.5 Å². The summed E-state index contributed by atoms with van der Waals surface area (Å²) in [6.45, 7) is 0. The molecular formula is C18H23NO7. The van der Waals surface area contributed by atoms with Crippen LogP contribution in [0.3, 0.4) is 0 Å². The van der Waals surface area contributed by atoms with Gasteiger partial charge in [-0.15, -0.1) is 0 Å². The summed E-state index contributed by atoms with van der Waals surface area (Å²) >= 11 is 0. The molecule has 1 saturated carbocycles. The summed E-state index contributed by atoms with van der Waals surface area (Å²) in [6.07, 6.45) is 5.66. The minimum atomic E-state index is -1.26. The lowest BCUT2D eigenvalue weighted by molar-refractivity contribution is -0.134. The van der Waals surface area contributed by atoms with E-state index in [4.69, 9.17) is 10.2 Å². The molecule has 0 saturated heterocycles. The lowest BCUT2D eigenvalue weighted by Gasteiger charge is -2.37. The summed E-state index contributed by atoms with van der Waals surface area (Å²) in [4.78, 5) is 19.1. The minimum Gasteiger partial charge on any atom is -0.504 e. The molecule has 2 aliphatic carbocycles. The Balaban J connectivity index is 0.000000260. The molecule has 8 nitrogen and oxygen atoms in total. The molecule has 0 aromatic heterocycles. The van der Waals surface area contributed by atoms with E-state index in [-0.39, 0.29) is 17.5 Å². The van der Waals surface area contributed by atoms with Gasteiger partial charge in [0.1, 0.15) is 0 Å². The second-order valence-corrected chi connectivity index (χ2v) is 6.40. The molecule has 2 atom stereocenters. The highest BCUT2D eigenvalue weighted by Crippen LogP contribution is 2.40. The first-order valence-electron chi connectivity index (χ1n) is 8.41. The number of nitrogens with one attached hydrogen (secondary N) is 1. The van der Waals surface area contributed by atoms with Crippen LogP contribution in [0.25, 0.3) is 0 Å². The molecule has 1 fully saturated rings. The Kier molecular flexibility index (Phi) is 6.59. The summed E-state index contributed by atoms with van der Waals surface area (Å²) < 4.78 is 0. The number of hydrogen-bond donors (Lipinski definition) is 6. The van der Waals surface area contributed by atoms with E-state index >= 15 is 0 Å². The standard InChI is InChI=1S/C14H19NO3.C4H4O4/c16-12-7-5-9-10(14(12)18)4-6-11(13(9)17)15-8-2-1-3-8;5-3(6)1-2-4(7)8/h5,7-8,11,13,15-18H,1-4,6H2;1-2H,(H,5,6)(H,7,8)/t11-,13-;/m1./s1. The van der Waals surface area contributed by atoms with Gasteiger partial charge in [-0.25, -0.2) is 9.59 Å². The van der Waals surface area contributed by atoms with Crippen molar-refractivity contribution in [2.45, 2.75) is 50.3 Å². The zero-order valence-corrected chi connectivity index (χ0v) is 14.1. The first-order chi connectivity index (χ1) is 12.3. The van der Waals surface area contributed by atoms with Crippen LogP contribution in [0.4, 0.5) is 0 Å². The van der Waals surface area contributed by atoms with Crippen molar-refractivity contribution in [1.82, 2.24) is 5.32 Å². The Hall–Kier alpha value is -2.58. The minimum absolute atomic E-state index is 0.0618. The van der Waals surface area contributed by atoms with E-state index in [1.54, 1.807) is 6.07 Å². The van der Waals surface area contributed by atoms with Crippen LogP contribution in [0.1, 0.15) is 42.9 Å². The number of hydrogen-bond acceptors (Lipinski definition) is 6. The molecule has 0 aliphatic heterocycles. The van der Waals surface area contributed by atoms with E-state index in [0.29, 0.717) is 30.2 Å². The highest BCUT2D eigenvalue weighted by atomic mass is 16.4. The molecular weight excluding hydrogens is 342 g/mol. The Morgan fingerprint density at radius 2 is 1.65 bits per heavy atom. The number of rotatable bonds is 4. The van der Waals surface area contributed by atoms with Gasteiger partial charge in [0, 0.05) is 29.8 Å². The Labute approximate surface area is 150 Å². The van der Waals surface area contributed by atoms with Crippen molar-refractivity contribution in [2.24, 2.45) is 0 Å². The number of aliphatic hydroxyl groups excluding tert-OH is 1. The maximum Gasteiger partial charge on any atom is 0.328 e. The molecule has 0 heterocycles. The molecule has 0 spiro atoms. The highest BCUT2D eigenvalue weighted by molar-refractivity contribution is 5.89. The van der Waals surface area contributed by atoms with Gasteiger partial charge in [0.05, 0.1) is 6.10 Å². The first-order valence-corrected chi connectivity index (χ1v) is 8.41. The largest absolute Gasteiger partial charge is 0.504 e. The van der Waals surface area contributed by atoms with Gasteiger partial charge >= 0.3 is 11.9 Å². The number of phenols is 2. The number of aliphatic carboxylic acids is 2. The molecule has 0 radical (unpaired) electrons.